The van der Waals surface area contributed by atoms with E-state index in [-0.39, 0.29) is 0 Å². The quantitative estimate of drug-likeness (QED) is 0.855. The molecule has 2 heterocycles. The number of nitrogens with two attached hydrogens (primary N) is 1. The Morgan fingerprint density at radius 1 is 1.21 bits per heavy atom. The molecule has 5 heteroatoms. The molecule has 1 aliphatic heterocycles. The molecule has 2 aromatic rings. The number of aryl methyl sites for hydroxylation is 2. The predicted octanol–water partition coefficient (Wildman–Crippen LogP) is 3.05. The summed E-state index contributed by atoms with van der Waals surface area (Å²) in [6, 6.07) is 6.11. The van der Waals surface area contributed by atoms with E-state index in [0.717, 1.165) is 35.2 Å². The van der Waals surface area contributed by atoms with Gasteiger partial charge >= 0.3 is 0 Å². The zero-order valence-electron chi connectivity index (χ0n) is 11.1. The standard InChI is InChI=1S/C14H18N4S/c1-10-9-11(6-7-12(10)15)19-14-17-16-13-5-3-2-4-8-18(13)14/h6-7,9H,2-5,8,15H2,1H3. The Morgan fingerprint density at radius 3 is 2.95 bits per heavy atom. The van der Waals surface area contributed by atoms with Gasteiger partial charge in [0, 0.05) is 23.5 Å². The molecule has 1 aromatic carbocycles. The third-order valence-corrected chi connectivity index (χ3v) is 4.50. The van der Waals surface area contributed by atoms with Crippen molar-refractivity contribution in [3.63, 3.8) is 0 Å². The minimum absolute atomic E-state index is 0.837. The smallest absolute Gasteiger partial charge is 0.196 e. The van der Waals surface area contributed by atoms with Gasteiger partial charge in [-0.05, 0) is 55.3 Å². The summed E-state index contributed by atoms with van der Waals surface area (Å²) >= 11 is 1.67. The van der Waals surface area contributed by atoms with Crippen molar-refractivity contribution in [2.75, 3.05) is 5.73 Å². The number of hydrogen-bond acceptors (Lipinski definition) is 4. The fraction of sp³-hybridized carbons (Fsp3) is 0.429. The van der Waals surface area contributed by atoms with Gasteiger partial charge in [-0.15, -0.1) is 10.2 Å². The minimum Gasteiger partial charge on any atom is -0.399 e. The van der Waals surface area contributed by atoms with Crippen LogP contribution in [0.2, 0.25) is 0 Å². The average molecular weight is 274 g/mol. The summed E-state index contributed by atoms with van der Waals surface area (Å²) in [5.74, 6) is 1.13. The Bertz CT molecular complexity index is 591. The Hall–Kier alpha value is -1.49. The van der Waals surface area contributed by atoms with Crippen LogP contribution in [0.15, 0.2) is 28.3 Å². The molecule has 0 fully saturated rings. The number of nitrogens with zero attached hydrogens (tertiary/aromatic N) is 3. The van der Waals surface area contributed by atoms with Gasteiger partial charge in [-0.2, -0.15) is 0 Å². The minimum atomic E-state index is 0.837. The Morgan fingerprint density at radius 2 is 2.11 bits per heavy atom. The number of aromatic nitrogens is 3. The number of hydrogen-bond donors (Lipinski definition) is 1. The second-order valence-corrected chi connectivity index (χ2v) is 6.02. The van der Waals surface area contributed by atoms with Crippen LogP contribution >= 0.6 is 11.8 Å². The molecular weight excluding hydrogens is 256 g/mol. The molecule has 0 atom stereocenters. The van der Waals surface area contributed by atoms with Gasteiger partial charge in [-0.3, -0.25) is 0 Å². The molecule has 19 heavy (non-hydrogen) atoms. The first kappa shape index (κ1) is 12.5. The molecule has 1 aliphatic rings. The van der Waals surface area contributed by atoms with E-state index in [1.807, 2.05) is 19.1 Å². The first-order chi connectivity index (χ1) is 9.24. The molecule has 0 saturated heterocycles. The van der Waals surface area contributed by atoms with Crippen LogP contribution in [0.4, 0.5) is 5.69 Å². The molecule has 0 unspecified atom stereocenters. The summed E-state index contributed by atoms with van der Waals surface area (Å²) in [6.07, 6.45) is 4.78. The molecule has 0 radical (unpaired) electrons. The third-order valence-electron chi connectivity index (χ3n) is 3.53. The van der Waals surface area contributed by atoms with Gasteiger partial charge in [0.05, 0.1) is 0 Å². The van der Waals surface area contributed by atoms with E-state index in [2.05, 4.69) is 20.8 Å². The Labute approximate surface area is 117 Å². The van der Waals surface area contributed by atoms with Gasteiger partial charge in [0.2, 0.25) is 0 Å². The summed E-state index contributed by atoms with van der Waals surface area (Å²) in [6.45, 7) is 3.07. The van der Waals surface area contributed by atoms with E-state index in [9.17, 15) is 0 Å². The van der Waals surface area contributed by atoms with E-state index in [4.69, 9.17) is 5.73 Å². The predicted molar refractivity (Wildman–Crippen MR) is 77.3 cm³/mol. The second kappa shape index (κ2) is 5.25. The zero-order chi connectivity index (χ0) is 13.2. The van der Waals surface area contributed by atoms with E-state index in [0.29, 0.717) is 0 Å². The highest BCUT2D eigenvalue weighted by molar-refractivity contribution is 7.99. The zero-order valence-corrected chi connectivity index (χ0v) is 11.9. The number of fused-ring (bicyclic) bond motifs is 1. The Balaban J connectivity index is 1.87. The van der Waals surface area contributed by atoms with Crippen molar-refractivity contribution in [1.82, 2.24) is 14.8 Å². The lowest BCUT2D eigenvalue weighted by atomic mass is 10.2. The second-order valence-electron chi connectivity index (χ2n) is 4.98. The number of benzene rings is 1. The summed E-state index contributed by atoms with van der Waals surface area (Å²) in [4.78, 5) is 1.17. The van der Waals surface area contributed by atoms with Crippen molar-refractivity contribution in [2.24, 2.45) is 0 Å². The van der Waals surface area contributed by atoms with Crippen molar-refractivity contribution >= 4 is 17.4 Å². The number of anilines is 1. The molecule has 4 nitrogen and oxygen atoms in total. The fourth-order valence-electron chi connectivity index (χ4n) is 2.35. The van der Waals surface area contributed by atoms with Crippen molar-refractivity contribution in [3.05, 3.63) is 29.6 Å². The van der Waals surface area contributed by atoms with Gasteiger partial charge in [-0.25, -0.2) is 0 Å². The highest BCUT2D eigenvalue weighted by Gasteiger charge is 2.15. The molecule has 2 N–H and O–H groups in total. The maximum atomic E-state index is 5.85. The van der Waals surface area contributed by atoms with Gasteiger partial charge in [0.1, 0.15) is 5.82 Å². The van der Waals surface area contributed by atoms with Gasteiger partial charge in [0.15, 0.2) is 5.16 Å². The maximum Gasteiger partial charge on any atom is 0.196 e. The first-order valence-electron chi connectivity index (χ1n) is 6.70. The van der Waals surface area contributed by atoms with E-state index in [1.54, 1.807) is 11.8 Å². The average Bonchev–Trinajstić information content (AvgIpc) is 2.63. The molecule has 0 aliphatic carbocycles. The van der Waals surface area contributed by atoms with Crippen molar-refractivity contribution in [1.29, 1.82) is 0 Å². The largest absolute Gasteiger partial charge is 0.399 e. The third kappa shape index (κ3) is 2.61. The van der Waals surface area contributed by atoms with E-state index >= 15 is 0 Å². The van der Waals surface area contributed by atoms with Gasteiger partial charge < -0.3 is 10.3 Å². The van der Waals surface area contributed by atoms with Crippen LogP contribution in [-0.4, -0.2) is 14.8 Å². The summed E-state index contributed by atoms with van der Waals surface area (Å²) < 4.78 is 2.27. The lowest BCUT2D eigenvalue weighted by molar-refractivity contribution is 0.591. The van der Waals surface area contributed by atoms with Crippen LogP contribution in [0.3, 0.4) is 0 Å². The summed E-state index contributed by atoms with van der Waals surface area (Å²) in [5, 5.41) is 9.65. The van der Waals surface area contributed by atoms with Crippen LogP contribution in [-0.2, 0) is 13.0 Å². The van der Waals surface area contributed by atoms with Crippen molar-refractivity contribution in [2.45, 2.75) is 49.2 Å². The first-order valence-corrected chi connectivity index (χ1v) is 7.52. The van der Waals surface area contributed by atoms with Crippen LogP contribution < -0.4 is 5.73 Å². The molecule has 0 amide bonds. The highest BCUT2D eigenvalue weighted by Crippen LogP contribution is 2.30. The normalized spacial score (nSPS) is 15.0. The summed E-state index contributed by atoms with van der Waals surface area (Å²) in [5.41, 5.74) is 7.80. The van der Waals surface area contributed by atoms with Crippen LogP contribution in [0.1, 0.15) is 30.7 Å². The van der Waals surface area contributed by atoms with Crippen molar-refractivity contribution in [3.8, 4) is 0 Å². The lowest BCUT2D eigenvalue weighted by Crippen LogP contribution is -2.02. The number of nitrogen functional groups attached to an aromatic ring is 1. The molecule has 100 valence electrons. The molecule has 1 aromatic heterocycles. The van der Waals surface area contributed by atoms with Crippen LogP contribution in [0.5, 0.6) is 0 Å². The summed E-state index contributed by atoms with van der Waals surface area (Å²) in [7, 11) is 0. The molecule has 3 rings (SSSR count). The van der Waals surface area contributed by atoms with E-state index < -0.39 is 0 Å². The van der Waals surface area contributed by atoms with Crippen molar-refractivity contribution < 1.29 is 0 Å². The molecule has 0 spiro atoms. The number of rotatable bonds is 2. The molecule has 0 saturated carbocycles. The SMILES string of the molecule is Cc1cc(Sc2nnc3n2CCCCC3)ccc1N. The molecule has 0 bridgehead atoms. The highest BCUT2D eigenvalue weighted by atomic mass is 32.2. The maximum absolute atomic E-state index is 5.85. The van der Waals surface area contributed by atoms with Crippen LogP contribution in [0.25, 0.3) is 0 Å². The molecular formula is C14H18N4S. The Kier molecular flexibility index (Phi) is 3.46. The van der Waals surface area contributed by atoms with Gasteiger partial charge in [-0.1, -0.05) is 6.42 Å². The monoisotopic (exact) mass is 274 g/mol. The van der Waals surface area contributed by atoms with E-state index in [1.165, 1.54) is 24.2 Å². The van der Waals surface area contributed by atoms with Crippen LogP contribution in [0, 0.1) is 6.92 Å². The fourth-order valence-corrected chi connectivity index (χ4v) is 3.32. The topological polar surface area (TPSA) is 56.7 Å². The van der Waals surface area contributed by atoms with Gasteiger partial charge in [0.25, 0.3) is 0 Å². The lowest BCUT2D eigenvalue weighted by Gasteiger charge is -2.07.